The van der Waals surface area contributed by atoms with Crippen LogP contribution in [0.4, 0.5) is 4.39 Å². The first kappa shape index (κ1) is 18.2. The maximum Gasteiger partial charge on any atom is 0.224 e. The van der Waals surface area contributed by atoms with E-state index in [0.717, 1.165) is 5.56 Å². The number of rotatable bonds is 5. The van der Waals surface area contributed by atoms with Crippen LogP contribution in [-0.2, 0) is 6.54 Å². The first-order chi connectivity index (χ1) is 12.5. The summed E-state index contributed by atoms with van der Waals surface area (Å²) < 4.78 is 15.4. The maximum absolute atomic E-state index is 13.5. The molecule has 5 N–H and O–H groups in total. The maximum atomic E-state index is 13.5. The summed E-state index contributed by atoms with van der Waals surface area (Å²) in [6.45, 7) is 0.500. The highest BCUT2D eigenvalue weighted by Crippen LogP contribution is 2.26. The van der Waals surface area contributed by atoms with Crippen molar-refractivity contribution in [2.24, 2.45) is 11.6 Å². The van der Waals surface area contributed by atoms with Gasteiger partial charge in [0.1, 0.15) is 5.69 Å². The molecule has 0 amide bonds. The average molecular weight is 393 g/mol. The minimum atomic E-state index is -0.816. The molecule has 0 saturated heterocycles. The number of imidazole rings is 1. The number of halogens is 3. The van der Waals surface area contributed by atoms with E-state index in [1.165, 1.54) is 6.20 Å². The minimum absolute atomic E-state index is 0.110. The number of hydrogen-bond acceptors (Lipinski definition) is 5. The number of pyridine rings is 1. The van der Waals surface area contributed by atoms with Crippen molar-refractivity contribution in [2.45, 2.75) is 6.54 Å². The lowest BCUT2D eigenvalue weighted by atomic mass is 10.1. The van der Waals surface area contributed by atoms with E-state index in [9.17, 15) is 4.39 Å². The monoisotopic (exact) mass is 392 g/mol. The van der Waals surface area contributed by atoms with Gasteiger partial charge < -0.3 is 10.3 Å². The Morgan fingerprint density at radius 1 is 1.19 bits per heavy atom. The van der Waals surface area contributed by atoms with E-state index in [2.05, 4.69) is 9.97 Å². The highest BCUT2D eigenvalue weighted by atomic mass is 35.5. The Hall–Kier alpha value is -2.61. The number of nitrogens with zero attached hydrogens (tertiary/aromatic N) is 3. The van der Waals surface area contributed by atoms with Crippen LogP contribution in [0.25, 0.3) is 17.1 Å². The van der Waals surface area contributed by atoms with Gasteiger partial charge in [-0.25, -0.2) is 10.8 Å². The molecule has 0 spiro atoms. The van der Waals surface area contributed by atoms with Gasteiger partial charge in [-0.1, -0.05) is 35.3 Å². The van der Waals surface area contributed by atoms with Gasteiger partial charge in [-0.2, -0.15) is 4.39 Å². The van der Waals surface area contributed by atoms with Crippen molar-refractivity contribution in [3.05, 3.63) is 76.2 Å². The molecule has 134 valence electrons. The van der Waals surface area contributed by atoms with Crippen molar-refractivity contribution in [3.8, 4) is 11.4 Å². The lowest BCUT2D eigenvalue weighted by molar-refractivity contribution is 0.555. The lowest BCUT2D eigenvalue weighted by Crippen LogP contribution is -2.21. The Morgan fingerprint density at radius 3 is 2.77 bits per heavy atom. The number of nitrogens with two attached hydrogens (primary N) is 2. The summed E-state index contributed by atoms with van der Waals surface area (Å²) in [6.07, 6.45) is 4.98. The number of benzene rings is 1. The second-order valence-corrected chi connectivity index (χ2v) is 6.23. The first-order valence-corrected chi connectivity index (χ1v) is 8.28. The Kier molecular flexibility index (Phi) is 5.41. The summed E-state index contributed by atoms with van der Waals surface area (Å²) in [5, 5.41) is 1.00. The van der Waals surface area contributed by atoms with Gasteiger partial charge in [0.15, 0.2) is 0 Å². The summed E-state index contributed by atoms with van der Waals surface area (Å²) in [6, 6.07) is 8.67. The molecule has 0 bridgehead atoms. The highest BCUT2D eigenvalue weighted by Gasteiger charge is 2.10. The van der Waals surface area contributed by atoms with E-state index in [1.54, 1.807) is 30.7 Å². The van der Waals surface area contributed by atoms with Crippen molar-refractivity contribution >= 4 is 28.9 Å². The van der Waals surface area contributed by atoms with E-state index in [0.29, 0.717) is 33.5 Å². The van der Waals surface area contributed by atoms with Gasteiger partial charge in [-0.15, -0.1) is 0 Å². The summed E-state index contributed by atoms with van der Waals surface area (Å²) in [5.74, 6) is 4.23. The summed E-state index contributed by atoms with van der Waals surface area (Å²) in [7, 11) is 0. The number of hydrogen-bond donors (Lipinski definition) is 3. The van der Waals surface area contributed by atoms with Crippen LogP contribution < -0.4 is 17.0 Å². The Bertz CT molecular complexity index is 969. The zero-order valence-electron chi connectivity index (χ0n) is 13.5. The second-order valence-electron chi connectivity index (χ2n) is 5.45. The van der Waals surface area contributed by atoms with Crippen LogP contribution in [0.1, 0.15) is 11.1 Å². The predicted molar refractivity (Wildman–Crippen MR) is 101 cm³/mol. The molecule has 0 radical (unpaired) electrons. The molecule has 0 unspecified atom stereocenters. The van der Waals surface area contributed by atoms with Crippen molar-refractivity contribution in [1.29, 1.82) is 0 Å². The molecular weight excluding hydrogens is 378 g/mol. The van der Waals surface area contributed by atoms with E-state index in [1.807, 2.05) is 22.1 Å². The standard InChI is InChI=1S/C17H15Cl2FN6/c18-12-3-1-2-11(15(12)19)7-26-8-14(24-9-26)13-6-10(4-5-23-13)16(21)17(20)25-22/h1-6,8-9,25H,7,21-22H2/b17-16-. The molecule has 1 aromatic carbocycles. The Labute approximate surface area is 159 Å². The molecule has 2 aromatic heterocycles. The van der Waals surface area contributed by atoms with E-state index >= 15 is 0 Å². The topological polar surface area (TPSA) is 94.8 Å². The van der Waals surface area contributed by atoms with Gasteiger partial charge in [0.05, 0.1) is 34.3 Å². The molecule has 3 aromatic rings. The number of hydrazine groups is 1. The van der Waals surface area contributed by atoms with Gasteiger partial charge in [-0.05, 0) is 23.8 Å². The Balaban J connectivity index is 1.87. The molecule has 0 atom stereocenters. The molecule has 0 aliphatic carbocycles. The van der Waals surface area contributed by atoms with Crippen molar-refractivity contribution in [3.63, 3.8) is 0 Å². The van der Waals surface area contributed by atoms with Gasteiger partial charge >= 0.3 is 0 Å². The molecule has 2 heterocycles. The van der Waals surface area contributed by atoms with Gasteiger partial charge in [-0.3, -0.25) is 10.4 Å². The normalized spacial score (nSPS) is 12.0. The van der Waals surface area contributed by atoms with Crippen LogP contribution in [0.2, 0.25) is 10.0 Å². The Morgan fingerprint density at radius 2 is 2.00 bits per heavy atom. The SMILES string of the molecule is NN/C(F)=C(\N)c1ccnc(-c2cn(Cc3cccc(Cl)c3Cl)cn2)c1. The van der Waals surface area contributed by atoms with Crippen molar-refractivity contribution < 1.29 is 4.39 Å². The quantitative estimate of drug-likeness (QED) is 0.351. The number of aromatic nitrogens is 3. The smallest absolute Gasteiger partial charge is 0.224 e. The van der Waals surface area contributed by atoms with Crippen LogP contribution in [0, 0.1) is 0 Å². The van der Waals surface area contributed by atoms with E-state index in [-0.39, 0.29) is 5.70 Å². The highest BCUT2D eigenvalue weighted by molar-refractivity contribution is 6.42. The summed E-state index contributed by atoms with van der Waals surface area (Å²) in [5.41, 5.74) is 9.96. The fourth-order valence-electron chi connectivity index (χ4n) is 2.39. The summed E-state index contributed by atoms with van der Waals surface area (Å²) in [4.78, 5) is 8.59. The lowest BCUT2D eigenvalue weighted by Gasteiger charge is -2.06. The van der Waals surface area contributed by atoms with Crippen LogP contribution in [0.15, 0.2) is 55.0 Å². The molecule has 26 heavy (non-hydrogen) atoms. The van der Waals surface area contributed by atoms with Crippen molar-refractivity contribution in [1.82, 2.24) is 20.0 Å². The third-order valence-electron chi connectivity index (χ3n) is 3.71. The van der Waals surface area contributed by atoms with Crippen LogP contribution in [0.5, 0.6) is 0 Å². The fourth-order valence-corrected chi connectivity index (χ4v) is 2.77. The molecule has 0 aliphatic rings. The zero-order chi connectivity index (χ0) is 18.7. The molecule has 9 heteroatoms. The third kappa shape index (κ3) is 3.80. The van der Waals surface area contributed by atoms with Crippen LogP contribution >= 0.6 is 23.2 Å². The minimum Gasteiger partial charge on any atom is -0.395 e. The van der Waals surface area contributed by atoms with Crippen LogP contribution in [0.3, 0.4) is 0 Å². The van der Waals surface area contributed by atoms with E-state index < -0.39 is 5.95 Å². The summed E-state index contributed by atoms with van der Waals surface area (Å²) >= 11 is 12.3. The zero-order valence-corrected chi connectivity index (χ0v) is 15.0. The third-order valence-corrected chi connectivity index (χ3v) is 4.57. The molecule has 0 fully saturated rings. The predicted octanol–water partition coefficient (Wildman–Crippen LogP) is 3.32. The van der Waals surface area contributed by atoms with Gasteiger partial charge in [0.25, 0.3) is 0 Å². The largest absolute Gasteiger partial charge is 0.395 e. The molecule has 3 rings (SSSR count). The van der Waals surface area contributed by atoms with Crippen LogP contribution in [-0.4, -0.2) is 14.5 Å². The average Bonchev–Trinajstić information content (AvgIpc) is 3.13. The molecule has 0 aliphatic heterocycles. The second kappa shape index (κ2) is 7.74. The van der Waals surface area contributed by atoms with Gasteiger partial charge in [0.2, 0.25) is 5.95 Å². The molecular formula is C17H15Cl2FN6. The first-order valence-electron chi connectivity index (χ1n) is 7.53. The number of nitrogens with one attached hydrogen (secondary N) is 1. The van der Waals surface area contributed by atoms with Gasteiger partial charge in [0, 0.05) is 18.0 Å². The molecule has 0 saturated carbocycles. The van der Waals surface area contributed by atoms with Crippen molar-refractivity contribution in [2.75, 3.05) is 0 Å². The fraction of sp³-hybridized carbons (Fsp3) is 0.0588. The molecule has 6 nitrogen and oxygen atoms in total. The van der Waals surface area contributed by atoms with E-state index in [4.69, 9.17) is 34.8 Å².